The minimum Gasteiger partial charge on any atom is -0.307 e. The van der Waals surface area contributed by atoms with Crippen molar-refractivity contribution in [2.24, 2.45) is 29.6 Å². The van der Waals surface area contributed by atoms with Crippen LogP contribution >= 0.6 is 34.4 Å². The van der Waals surface area contributed by atoms with Gasteiger partial charge in [0.1, 0.15) is 0 Å². The van der Waals surface area contributed by atoms with Crippen LogP contribution in [0.25, 0.3) is 0 Å². The van der Waals surface area contributed by atoms with E-state index in [1.807, 2.05) is 17.5 Å². The minimum absolute atomic E-state index is 0.0145. The number of H-pyrrole nitrogens is 1. The predicted molar refractivity (Wildman–Crippen MR) is 127 cm³/mol. The Kier molecular flexibility index (Phi) is 4.58. The third-order valence-corrected chi connectivity index (χ3v) is 11.6. The molecule has 2 aliphatic carbocycles. The van der Waals surface area contributed by atoms with Crippen molar-refractivity contribution < 1.29 is 22.8 Å². The Balaban J connectivity index is 1.32. The number of benzene rings is 1. The van der Waals surface area contributed by atoms with E-state index in [0.717, 1.165) is 25.7 Å². The van der Waals surface area contributed by atoms with Crippen LogP contribution in [0.5, 0.6) is 0 Å². The largest absolute Gasteiger partial charge is 0.418 e. The number of carbonyl (C=O) groups excluding carboxylic acids is 2. The fourth-order valence-corrected chi connectivity index (χ4v) is 10.8. The summed E-state index contributed by atoms with van der Waals surface area (Å²) in [5, 5.41) is 2.82. The van der Waals surface area contributed by atoms with Crippen LogP contribution in [-0.2, 0) is 15.8 Å². The molecule has 2 saturated carbocycles. The molecule has 3 fully saturated rings. The number of hydrogen-bond acceptors (Lipinski definition) is 6. The van der Waals surface area contributed by atoms with Gasteiger partial charge in [-0.25, -0.2) is 4.90 Å². The molecule has 1 saturated heterocycles. The van der Waals surface area contributed by atoms with Gasteiger partial charge in [0.25, 0.3) is 0 Å². The second-order valence-corrected chi connectivity index (χ2v) is 12.7. The zero-order valence-corrected chi connectivity index (χ0v) is 20.3. The first kappa shape index (κ1) is 21.9. The Hall–Kier alpha value is -2.37. The number of carbonyl (C=O) groups is 2. The number of rotatable bonds is 2. The van der Waals surface area contributed by atoms with E-state index in [9.17, 15) is 27.6 Å². The number of alkyl halides is 3. The summed E-state index contributed by atoms with van der Waals surface area (Å²) in [6.07, 6.45) is -3.98. The molecule has 1 N–H and O–H groups in total. The van der Waals surface area contributed by atoms with Gasteiger partial charge in [0.2, 0.25) is 11.8 Å². The Morgan fingerprint density at radius 2 is 1.71 bits per heavy atom. The molecule has 0 unspecified atom stereocenters. The minimum atomic E-state index is -4.68. The summed E-state index contributed by atoms with van der Waals surface area (Å²) in [6, 6.07) is 8.80. The van der Waals surface area contributed by atoms with Crippen molar-refractivity contribution in [1.82, 2.24) is 4.98 Å². The molecular weight excluding hydrogens is 517 g/mol. The Labute approximate surface area is 209 Å². The van der Waals surface area contributed by atoms with Crippen LogP contribution in [0.15, 0.2) is 51.6 Å². The highest BCUT2D eigenvalue weighted by atomic mass is 32.2. The maximum Gasteiger partial charge on any atom is 0.418 e. The molecule has 7 rings (SSSR count). The Morgan fingerprint density at radius 3 is 2.43 bits per heavy atom. The van der Waals surface area contributed by atoms with Crippen LogP contribution in [-0.4, -0.2) is 22.0 Å². The number of anilines is 1. The predicted octanol–water partition coefficient (Wildman–Crippen LogP) is 5.19. The van der Waals surface area contributed by atoms with Crippen molar-refractivity contribution >= 4 is 51.9 Å². The molecule has 11 heteroatoms. The van der Waals surface area contributed by atoms with Crippen molar-refractivity contribution in [2.75, 3.05) is 4.90 Å². The lowest BCUT2D eigenvalue weighted by Gasteiger charge is -2.42. The molecule has 0 spiro atoms. The second kappa shape index (κ2) is 7.33. The lowest BCUT2D eigenvalue weighted by Crippen LogP contribution is -2.42. The Morgan fingerprint density at radius 1 is 0.971 bits per heavy atom. The highest BCUT2D eigenvalue weighted by Crippen LogP contribution is 2.69. The van der Waals surface area contributed by atoms with E-state index in [1.165, 1.54) is 29.5 Å². The van der Waals surface area contributed by atoms with E-state index >= 15 is 0 Å². The summed E-state index contributed by atoms with van der Waals surface area (Å²) in [7, 11) is 0. The number of hydrogen-bond donors (Lipinski definition) is 1. The van der Waals surface area contributed by atoms with Gasteiger partial charge in [-0.15, -0.1) is 23.1 Å². The molecular formula is C24H17F3N2O3S3. The number of nitrogens with one attached hydrogen (secondary N) is 1. The van der Waals surface area contributed by atoms with Gasteiger partial charge < -0.3 is 4.98 Å². The number of para-hydroxylation sites is 1. The molecule has 1 aromatic carbocycles. The molecule has 2 amide bonds. The number of nitrogens with zero attached hydrogens (tertiary/aromatic N) is 1. The number of fused-ring (bicyclic) bond motifs is 9. The molecule has 2 bridgehead atoms. The summed E-state index contributed by atoms with van der Waals surface area (Å²) in [5.74, 6) is -2.58. The van der Waals surface area contributed by atoms with Crippen LogP contribution in [0.2, 0.25) is 0 Å². The normalized spacial score (nSPS) is 33.2. The van der Waals surface area contributed by atoms with Crippen molar-refractivity contribution in [2.45, 2.75) is 28.8 Å². The van der Waals surface area contributed by atoms with Crippen molar-refractivity contribution in [1.29, 1.82) is 0 Å². The third-order valence-electron chi connectivity index (χ3n) is 8.02. The summed E-state index contributed by atoms with van der Waals surface area (Å²) >= 11 is 4.36. The Bertz CT molecular complexity index is 1430. The number of halogens is 3. The summed E-state index contributed by atoms with van der Waals surface area (Å²) < 4.78 is 41.2. The molecule has 0 radical (unpaired) electrons. The number of imide groups is 1. The van der Waals surface area contributed by atoms with E-state index in [-0.39, 0.29) is 39.5 Å². The lowest BCUT2D eigenvalue weighted by molar-refractivity contribution is -0.137. The molecule has 5 nitrogen and oxygen atoms in total. The van der Waals surface area contributed by atoms with Gasteiger partial charge in [-0.2, -0.15) is 13.2 Å². The zero-order chi connectivity index (χ0) is 24.2. The molecule has 3 aromatic rings. The van der Waals surface area contributed by atoms with Crippen LogP contribution in [0.1, 0.15) is 27.7 Å². The maximum atomic E-state index is 13.7. The van der Waals surface area contributed by atoms with Crippen molar-refractivity contribution in [3.63, 3.8) is 0 Å². The number of thioether (sulfide) groups is 1. The van der Waals surface area contributed by atoms with E-state index in [4.69, 9.17) is 0 Å². The standard InChI is InChI=1S/C24H17F3N2O3S3/c25-24(26,27)11-4-1-2-5-12(11)29-21(30)15-9-8-10(16(15)22(29)31)18-14(9)17(13-6-3-7-33-13)19-20(34-18)28-23(32)35-19/h1-7,9-10,14-18H,8H2,(H,28,32)/t9-,10-,14+,15+,16+,17+,18-/m1/s1. The number of thiophene rings is 1. The number of thiazole rings is 1. The smallest absolute Gasteiger partial charge is 0.307 e. The molecule has 7 atom stereocenters. The van der Waals surface area contributed by atoms with Crippen LogP contribution < -0.4 is 9.77 Å². The first-order valence-corrected chi connectivity index (χ1v) is 13.8. The summed E-state index contributed by atoms with van der Waals surface area (Å²) in [5.41, 5.74) is -1.35. The zero-order valence-electron chi connectivity index (χ0n) is 17.8. The molecule has 180 valence electrons. The first-order valence-electron chi connectivity index (χ1n) is 11.2. The second-order valence-electron chi connectivity index (χ2n) is 9.50. The number of aromatic amines is 1. The van der Waals surface area contributed by atoms with Gasteiger partial charge in [0.05, 0.1) is 28.1 Å². The average molecular weight is 535 g/mol. The van der Waals surface area contributed by atoms with Gasteiger partial charge >= 0.3 is 11.0 Å². The maximum absolute atomic E-state index is 13.7. The molecule has 35 heavy (non-hydrogen) atoms. The topological polar surface area (TPSA) is 70.2 Å². The van der Waals surface area contributed by atoms with Gasteiger partial charge in [-0.05, 0) is 47.8 Å². The van der Waals surface area contributed by atoms with E-state index in [2.05, 4.69) is 4.98 Å². The third kappa shape index (κ3) is 2.91. The molecule has 2 aliphatic heterocycles. The van der Waals surface area contributed by atoms with Crippen molar-refractivity contribution in [3.05, 3.63) is 66.8 Å². The van der Waals surface area contributed by atoms with Gasteiger partial charge in [0.15, 0.2) is 0 Å². The van der Waals surface area contributed by atoms with Crippen LogP contribution in [0, 0.1) is 29.6 Å². The fraction of sp³-hybridized carbons (Fsp3) is 0.375. The summed E-state index contributed by atoms with van der Waals surface area (Å²) in [6.45, 7) is 0. The molecule has 4 aliphatic rings. The number of aromatic nitrogens is 1. The SMILES string of the molecule is O=C1[C@H]2[C@H]3C[C@@H]([C@@H]2C(=O)N1c1ccccc1C(F)(F)F)[C@H]1[C@H](c2cccs2)c2sc(=O)[nH]c2S[C@H]31. The van der Waals surface area contributed by atoms with Gasteiger partial charge in [-0.1, -0.05) is 29.5 Å². The van der Waals surface area contributed by atoms with E-state index in [0.29, 0.717) is 6.42 Å². The van der Waals surface area contributed by atoms with Crippen molar-refractivity contribution in [3.8, 4) is 0 Å². The van der Waals surface area contributed by atoms with Crippen LogP contribution in [0.4, 0.5) is 18.9 Å². The van der Waals surface area contributed by atoms with Crippen LogP contribution in [0.3, 0.4) is 0 Å². The van der Waals surface area contributed by atoms with Gasteiger partial charge in [0, 0.05) is 20.9 Å². The highest BCUT2D eigenvalue weighted by molar-refractivity contribution is 8.00. The first-order chi connectivity index (χ1) is 16.8. The van der Waals surface area contributed by atoms with E-state index < -0.39 is 35.4 Å². The fourth-order valence-electron chi connectivity index (χ4n) is 6.95. The highest BCUT2D eigenvalue weighted by Gasteiger charge is 2.70. The van der Waals surface area contributed by atoms with E-state index in [1.54, 1.807) is 23.1 Å². The molecule has 2 aromatic heterocycles. The average Bonchev–Trinajstić information content (AvgIpc) is 3.61. The number of amides is 2. The summed E-state index contributed by atoms with van der Waals surface area (Å²) in [4.78, 5) is 45.2. The monoisotopic (exact) mass is 534 g/mol. The van der Waals surface area contributed by atoms with Gasteiger partial charge in [-0.3, -0.25) is 14.4 Å². The lowest BCUT2D eigenvalue weighted by atomic mass is 9.69. The molecule has 4 heterocycles. The quantitative estimate of drug-likeness (QED) is 0.459.